The van der Waals surface area contributed by atoms with E-state index in [1.165, 1.54) is 38.4 Å². The standard InChI is InChI=1S/C23H30N2O9/c1-31-7-5-25(18(28)12-32-2)16-10-15(23(30)24-4-6-26)19-14-8-13(11-27)9-17(33-3)21(14)34-22(19)20(16)29/h8-11,16,19-20,22,26,29H,4-7,12H2,1-3H3,(H,24,30). The highest BCUT2D eigenvalue weighted by molar-refractivity contribution is 5.96. The fraction of sp³-hybridized carbons (Fsp3) is 0.522. The molecule has 2 amide bonds. The van der Waals surface area contributed by atoms with Crippen LogP contribution in [0.25, 0.3) is 0 Å². The number of ether oxygens (including phenoxy) is 4. The Morgan fingerprint density at radius 3 is 2.62 bits per heavy atom. The molecule has 0 saturated heterocycles. The summed E-state index contributed by atoms with van der Waals surface area (Å²) in [4.78, 5) is 38.8. The lowest BCUT2D eigenvalue weighted by atomic mass is 9.77. The molecule has 1 aliphatic carbocycles. The van der Waals surface area contributed by atoms with Gasteiger partial charge in [-0.15, -0.1) is 0 Å². The van der Waals surface area contributed by atoms with E-state index in [1.807, 2.05) is 0 Å². The first-order valence-corrected chi connectivity index (χ1v) is 10.8. The Morgan fingerprint density at radius 1 is 1.24 bits per heavy atom. The van der Waals surface area contributed by atoms with Crippen LogP contribution in [-0.2, 0) is 19.1 Å². The summed E-state index contributed by atoms with van der Waals surface area (Å²) in [6.07, 6.45) is 0.0359. The second-order valence-corrected chi connectivity index (χ2v) is 7.92. The predicted octanol–water partition coefficient (Wildman–Crippen LogP) is -0.748. The highest BCUT2D eigenvalue weighted by atomic mass is 16.5. The Bertz CT molecular complexity index is 949. The number of aliphatic hydroxyl groups excluding tert-OH is 2. The largest absolute Gasteiger partial charge is 0.493 e. The van der Waals surface area contributed by atoms with E-state index in [0.717, 1.165) is 0 Å². The van der Waals surface area contributed by atoms with Gasteiger partial charge in [0.25, 0.3) is 0 Å². The zero-order valence-corrected chi connectivity index (χ0v) is 19.4. The number of carbonyl (C=O) groups excluding carboxylic acids is 3. The Balaban J connectivity index is 2.11. The minimum Gasteiger partial charge on any atom is -0.493 e. The molecule has 0 fully saturated rings. The first kappa shape index (κ1) is 25.6. The number of rotatable bonds is 11. The zero-order chi connectivity index (χ0) is 24.8. The molecular formula is C23H30N2O9. The summed E-state index contributed by atoms with van der Waals surface area (Å²) in [6.45, 7) is -0.127. The lowest BCUT2D eigenvalue weighted by molar-refractivity contribution is -0.141. The normalized spacial score (nSPS) is 22.7. The summed E-state index contributed by atoms with van der Waals surface area (Å²) in [5, 5.41) is 23.1. The summed E-state index contributed by atoms with van der Waals surface area (Å²) in [5.41, 5.74) is 1.08. The molecule has 11 nitrogen and oxygen atoms in total. The molecule has 186 valence electrons. The third-order valence-electron chi connectivity index (χ3n) is 5.90. The quantitative estimate of drug-likeness (QED) is 0.350. The first-order valence-electron chi connectivity index (χ1n) is 10.8. The molecule has 11 heteroatoms. The van der Waals surface area contributed by atoms with Crippen LogP contribution in [0, 0.1) is 0 Å². The number of carbonyl (C=O) groups is 3. The maximum Gasteiger partial charge on any atom is 0.249 e. The third-order valence-corrected chi connectivity index (χ3v) is 5.90. The second-order valence-electron chi connectivity index (χ2n) is 7.92. The van der Waals surface area contributed by atoms with Crippen molar-refractivity contribution in [3.8, 4) is 11.5 Å². The maximum absolute atomic E-state index is 13.1. The van der Waals surface area contributed by atoms with Gasteiger partial charge >= 0.3 is 0 Å². The van der Waals surface area contributed by atoms with Gasteiger partial charge in [0, 0.05) is 44.0 Å². The van der Waals surface area contributed by atoms with Gasteiger partial charge in [0.05, 0.1) is 32.3 Å². The van der Waals surface area contributed by atoms with E-state index in [-0.39, 0.29) is 38.5 Å². The Morgan fingerprint density at radius 2 is 2.00 bits per heavy atom. The van der Waals surface area contributed by atoms with Crippen LogP contribution >= 0.6 is 0 Å². The van der Waals surface area contributed by atoms with Gasteiger partial charge in [0.15, 0.2) is 11.5 Å². The molecule has 1 heterocycles. The molecule has 1 aliphatic heterocycles. The van der Waals surface area contributed by atoms with E-state index in [2.05, 4.69) is 5.32 Å². The van der Waals surface area contributed by atoms with E-state index in [4.69, 9.17) is 18.9 Å². The highest BCUT2D eigenvalue weighted by Gasteiger charge is 2.51. The van der Waals surface area contributed by atoms with Gasteiger partial charge in [0.1, 0.15) is 25.1 Å². The summed E-state index contributed by atoms with van der Waals surface area (Å²) in [6, 6.07) is 2.18. The molecule has 0 aromatic heterocycles. The molecule has 34 heavy (non-hydrogen) atoms. The fourth-order valence-corrected chi connectivity index (χ4v) is 4.39. The van der Waals surface area contributed by atoms with Gasteiger partial charge in [-0.25, -0.2) is 0 Å². The van der Waals surface area contributed by atoms with Crippen molar-refractivity contribution >= 4 is 18.1 Å². The summed E-state index contributed by atoms with van der Waals surface area (Å²) in [5.74, 6) is -1.01. The molecule has 3 N–H and O–H groups in total. The molecule has 1 aromatic rings. The molecule has 1 aromatic carbocycles. The zero-order valence-electron chi connectivity index (χ0n) is 19.4. The van der Waals surface area contributed by atoms with Crippen LogP contribution in [0.3, 0.4) is 0 Å². The summed E-state index contributed by atoms with van der Waals surface area (Å²) >= 11 is 0. The minimum absolute atomic E-state index is 0.0161. The molecule has 4 atom stereocenters. The topological polar surface area (TPSA) is 144 Å². The Labute approximate surface area is 197 Å². The van der Waals surface area contributed by atoms with Crippen molar-refractivity contribution in [3.63, 3.8) is 0 Å². The molecule has 0 radical (unpaired) electrons. The number of hydrogen-bond donors (Lipinski definition) is 3. The lowest BCUT2D eigenvalue weighted by Gasteiger charge is -2.40. The number of methoxy groups -OCH3 is 3. The average molecular weight is 478 g/mol. The van der Waals surface area contributed by atoms with Gasteiger partial charge in [-0.2, -0.15) is 0 Å². The van der Waals surface area contributed by atoms with Gasteiger partial charge in [0.2, 0.25) is 11.8 Å². The monoisotopic (exact) mass is 478 g/mol. The fourth-order valence-electron chi connectivity index (χ4n) is 4.39. The number of nitrogens with zero attached hydrogens (tertiary/aromatic N) is 1. The minimum atomic E-state index is -1.21. The summed E-state index contributed by atoms with van der Waals surface area (Å²) in [7, 11) is 4.30. The van der Waals surface area contributed by atoms with Crippen LogP contribution in [0.15, 0.2) is 23.8 Å². The molecular weight excluding hydrogens is 448 g/mol. The lowest BCUT2D eigenvalue weighted by Crippen LogP contribution is -2.57. The smallest absolute Gasteiger partial charge is 0.249 e. The van der Waals surface area contributed by atoms with Gasteiger partial charge in [-0.1, -0.05) is 0 Å². The van der Waals surface area contributed by atoms with Crippen LogP contribution in [0.1, 0.15) is 21.8 Å². The van der Waals surface area contributed by atoms with Crippen LogP contribution in [0.4, 0.5) is 0 Å². The number of nitrogens with one attached hydrogen (secondary N) is 1. The van der Waals surface area contributed by atoms with E-state index in [9.17, 15) is 24.6 Å². The molecule has 0 bridgehead atoms. The van der Waals surface area contributed by atoms with Crippen LogP contribution in [-0.4, -0.2) is 106 Å². The molecule has 4 unspecified atom stereocenters. The molecule has 3 rings (SSSR count). The first-order chi connectivity index (χ1) is 16.4. The van der Waals surface area contributed by atoms with Crippen molar-refractivity contribution in [3.05, 3.63) is 34.9 Å². The van der Waals surface area contributed by atoms with Crippen molar-refractivity contribution in [2.45, 2.75) is 24.2 Å². The van der Waals surface area contributed by atoms with Crippen molar-refractivity contribution in [2.75, 3.05) is 54.2 Å². The summed E-state index contributed by atoms with van der Waals surface area (Å²) < 4.78 is 21.6. The number of aldehydes is 1. The van der Waals surface area contributed by atoms with E-state index < -0.39 is 36.0 Å². The Hall–Kier alpha value is -2.99. The van der Waals surface area contributed by atoms with Gasteiger partial charge in [-0.3, -0.25) is 14.4 Å². The van der Waals surface area contributed by atoms with Crippen LogP contribution in [0.2, 0.25) is 0 Å². The molecule has 0 spiro atoms. The van der Waals surface area contributed by atoms with Gasteiger partial charge in [-0.05, 0) is 18.2 Å². The van der Waals surface area contributed by atoms with Crippen LogP contribution in [0.5, 0.6) is 11.5 Å². The maximum atomic E-state index is 13.1. The van der Waals surface area contributed by atoms with Crippen molar-refractivity contribution in [2.24, 2.45) is 0 Å². The number of amides is 2. The highest BCUT2D eigenvalue weighted by Crippen LogP contribution is 2.51. The molecule has 2 aliphatic rings. The number of aliphatic hydroxyl groups is 2. The van der Waals surface area contributed by atoms with Crippen LogP contribution < -0.4 is 14.8 Å². The number of hydrogen-bond acceptors (Lipinski definition) is 9. The van der Waals surface area contributed by atoms with Gasteiger partial charge < -0.3 is 39.4 Å². The number of benzene rings is 1. The van der Waals surface area contributed by atoms with E-state index in [0.29, 0.717) is 28.9 Å². The second kappa shape index (κ2) is 11.4. The van der Waals surface area contributed by atoms with E-state index >= 15 is 0 Å². The number of fused-ring (bicyclic) bond motifs is 3. The SMILES string of the molecule is COCCN(C(=O)COC)C1C=C(C(=O)NCCO)C2c3cc(C=O)cc(OC)c3OC2C1O. The predicted molar refractivity (Wildman–Crippen MR) is 119 cm³/mol. The third kappa shape index (κ3) is 4.92. The van der Waals surface area contributed by atoms with Crippen molar-refractivity contribution in [1.82, 2.24) is 10.2 Å². The molecule has 0 saturated carbocycles. The van der Waals surface area contributed by atoms with Crippen molar-refractivity contribution < 1.29 is 43.5 Å². The average Bonchev–Trinajstić information content (AvgIpc) is 3.23. The Kier molecular flexibility index (Phi) is 8.61. The van der Waals surface area contributed by atoms with E-state index in [1.54, 1.807) is 6.07 Å². The van der Waals surface area contributed by atoms with Crippen molar-refractivity contribution in [1.29, 1.82) is 0 Å².